The van der Waals surface area contributed by atoms with Crippen molar-refractivity contribution in [1.29, 1.82) is 0 Å². The molecule has 2 amide bonds. The summed E-state index contributed by atoms with van der Waals surface area (Å²) in [4.78, 5) is 24.0. The van der Waals surface area contributed by atoms with Crippen molar-refractivity contribution in [3.63, 3.8) is 0 Å². The Labute approximate surface area is 120 Å². The Balaban J connectivity index is 1.65. The quantitative estimate of drug-likeness (QED) is 0.711. The zero-order chi connectivity index (χ0) is 14.4. The number of carbonyl (C=O) groups is 2. The van der Waals surface area contributed by atoms with Crippen LogP contribution in [0.1, 0.15) is 28.1 Å². The van der Waals surface area contributed by atoms with E-state index < -0.39 is 0 Å². The first-order valence-electron chi connectivity index (χ1n) is 6.28. The van der Waals surface area contributed by atoms with E-state index in [0.29, 0.717) is 30.1 Å². The van der Waals surface area contributed by atoms with Crippen LogP contribution in [0, 0.1) is 6.92 Å². The van der Waals surface area contributed by atoms with E-state index >= 15 is 0 Å². The van der Waals surface area contributed by atoms with Crippen LogP contribution in [0.25, 0.3) is 0 Å². The number of aromatic nitrogens is 2. The summed E-state index contributed by atoms with van der Waals surface area (Å²) in [6.07, 6.45) is 2.59. The van der Waals surface area contributed by atoms with E-state index in [2.05, 4.69) is 20.8 Å². The number of nitrogens with one attached hydrogen (secondary N) is 3. The summed E-state index contributed by atoms with van der Waals surface area (Å²) in [5.74, 6) is 0.435. The van der Waals surface area contributed by atoms with Crippen LogP contribution >= 0.6 is 11.3 Å². The van der Waals surface area contributed by atoms with E-state index in [9.17, 15) is 9.59 Å². The molecule has 0 spiro atoms. The lowest BCUT2D eigenvalue weighted by Crippen LogP contribution is -2.24. The summed E-state index contributed by atoms with van der Waals surface area (Å²) in [6, 6.07) is 3.60. The van der Waals surface area contributed by atoms with Crippen LogP contribution in [0.3, 0.4) is 0 Å². The molecule has 0 bridgehead atoms. The predicted molar refractivity (Wildman–Crippen MR) is 77.8 cm³/mol. The van der Waals surface area contributed by atoms with Gasteiger partial charge in [0.1, 0.15) is 5.82 Å². The van der Waals surface area contributed by atoms with Crippen LogP contribution < -0.4 is 10.6 Å². The van der Waals surface area contributed by atoms with Gasteiger partial charge in [-0.3, -0.25) is 14.7 Å². The summed E-state index contributed by atoms with van der Waals surface area (Å²) in [5.41, 5.74) is 0.893. The predicted octanol–water partition coefficient (Wildman–Crippen LogP) is 1.93. The summed E-state index contributed by atoms with van der Waals surface area (Å²) >= 11 is 1.40. The van der Waals surface area contributed by atoms with Gasteiger partial charge >= 0.3 is 0 Å². The van der Waals surface area contributed by atoms with Gasteiger partial charge in [0, 0.05) is 18.5 Å². The van der Waals surface area contributed by atoms with Gasteiger partial charge in [-0.05, 0) is 24.8 Å². The molecule has 2 rings (SSSR count). The van der Waals surface area contributed by atoms with Crippen molar-refractivity contribution >= 4 is 29.0 Å². The van der Waals surface area contributed by atoms with Crippen molar-refractivity contribution in [2.24, 2.45) is 0 Å². The monoisotopic (exact) mass is 292 g/mol. The maximum atomic E-state index is 11.7. The lowest BCUT2D eigenvalue weighted by Gasteiger charge is -2.05. The number of nitrogens with zero attached hydrogens (tertiary/aromatic N) is 1. The molecule has 0 saturated carbocycles. The molecule has 0 saturated heterocycles. The zero-order valence-electron chi connectivity index (χ0n) is 11.1. The van der Waals surface area contributed by atoms with Crippen LogP contribution in [0.15, 0.2) is 23.7 Å². The van der Waals surface area contributed by atoms with E-state index in [4.69, 9.17) is 0 Å². The fourth-order valence-electron chi connectivity index (χ4n) is 1.62. The van der Waals surface area contributed by atoms with Crippen molar-refractivity contribution in [3.8, 4) is 0 Å². The number of rotatable bonds is 6. The van der Waals surface area contributed by atoms with E-state index in [1.54, 1.807) is 12.3 Å². The number of amides is 2. The van der Waals surface area contributed by atoms with Crippen molar-refractivity contribution in [3.05, 3.63) is 34.2 Å². The molecule has 7 heteroatoms. The molecule has 2 heterocycles. The highest BCUT2D eigenvalue weighted by Crippen LogP contribution is 2.09. The standard InChI is InChI=1S/C13H16N4O2S/c1-9-8-15-17-12(9)16-11(18)5-2-6-14-13(19)10-4-3-7-20-10/h3-4,7-8H,2,5-6H2,1H3,(H,14,19)(H2,15,16,17,18). The van der Waals surface area contributed by atoms with Gasteiger partial charge in [-0.1, -0.05) is 6.07 Å². The summed E-state index contributed by atoms with van der Waals surface area (Å²) in [6.45, 7) is 2.34. The molecule has 3 N–H and O–H groups in total. The third kappa shape index (κ3) is 3.92. The van der Waals surface area contributed by atoms with Gasteiger partial charge in [0.25, 0.3) is 5.91 Å². The Morgan fingerprint density at radius 1 is 1.45 bits per heavy atom. The maximum absolute atomic E-state index is 11.7. The SMILES string of the molecule is Cc1cn[nH]c1NC(=O)CCCNC(=O)c1cccs1. The molecule has 0 aliphatic carbocycles. The number of anilines is 1. The van der Waals surface area contributed by atoms with Crippen LogP contribution in [-0.4, -0.2) is 28.6 Å². The van der Waals surface area contributed by atoms with Gasteiger partial charge in [0.15, 0.2) is 0 Å². The molecule has 20 heavy (non-hydrogen) atoms. The van der Waals surface area contributed by atoms with Crippen LogP contribution in [0.2, 0.25) is 0 Å². The third-order valence-corrected chi connectivity index (χ3v) is 3.57. The minimum Gasteiger partial charge on any atom is -0.351 e. The normalized spacial score (nSPS) is 10.2. The number of aromatic amines is 1. The molecule has 0 unspecified atom stereocenters. The Morgan fingerprint density at radius 3 is 2.95 bits per heavy atom. The molecule has 0 fully saturated rings. The van der Waals surface area contributed by atoms with Crippen LogP contribution in [-0.2, 0) is 4.79 Å². The average molecular weight is 292 g/mol. The molecular weight excluding hydrogens is 276 g/mol. The fourth-order valence-corrected chi connectivity index (χ4v) is 2.26. The van der Waals surface area contributed by atoms with Gasteiger partial charge in [-0.2, -0.15) is 5.10 Å². The van der Waals surface area contributed by atoms with Crippen molar-refractivity contribution in [2.75, 3.05) is 11.9 Å². The zero-order valence-corrected chi connectivity index (χ0v) is 11.9. The Hall–Kier alpha value is -2.15. The van der Waals surface area contributed by atoms with Gasteiger partial charge in [0.05, 0.1) is 11.1 Å². The molecule has 0 atom stereocenters. The van der Waals surface area contributed by atoms with Gasteiger partial charge < -0.3 is 10.6 Å². The van der Waals surface area contributed by atoms with E-state index in [-0.39, 0.29) is 11.8 Å². The number of thiophene rings is 1. The largest absolute Gasteiger partial charge is 0.351 e. The smallest absolute Gasteiger partial charge is 0.261 e. The minimum atomic E-state index is -0.0947. The van der Waals surface area contributed by atoms with Gasteiger partial charge in [0.2, 0.25) is 5.91 Å². The van der Waals surface area contributed by atoms with Crippen molar-refractivity contribution in [2.45, 2.75) is 19.8 Å². The first kappa shape index (κ1) is 14.3. The Bertz CT molecular complexity index is 577. The highest BCUT2D eigenvalue weighted by atomic mass is 32.1. The fraction of sp³-hybridized carbons (Fsp3) is 0.308. The van der Waals surface area contributed by atoms with E-state index in [1.165, 1.54) is 11.3 Å². The molecule has 6 nitrogen and oxygen atoms in total. The Kier molecular flexibility index (Phi) is 4.89. The van der Waals surface area contributed by atoms with Gasteiger partial charge in [-0.25, -0.2) is 0 Å². The van der Waals surface area contributed by atoms with Crippen molar-refractivity contribution in [1.82, 2.24) is 15.5 Å². The second kappa shape index (κ2) is 6.85. The first-order valence-corrected chi connectivity index (χ1v) is 7.16. The molecule has 106 valence electrons. The Morgan fingerprint density at radius 2 is 2.30 bits per heavy atom. The molecule has 2 aromatic heterocycles. The molecule has 0 aromatic carbocycles. The van der Waals surface area contributed by atoms with E-state index in [1.807, 2.05) is 18.4 Å². The maximum Gasteiger partial charge on any atom is 0.261 e. The van der Waals surface area contributed by atoms with Crippen molar-refractivity contribution < 1.29 is 9.59 Å². The third-order valence-electron chi connectivity index (χ3n) is 2.70. The summed E-state index contributed by atoms with van der Waals surface area (Å²) < 4.78 is 0. The molecule has 0 aliphatic rings. The first-order chi connectivity index (χ1) is 9.66. The van der Waals surface area contributed by atoms with Gasteiger partial charge in [-0.15, -0.1) is 11.3 Å². The highest BCUT2D eigenvalue weighted by molar-refractivity contribution is 7.12. The number of hydrogen-bond donors (Lipinski definition) is 3. The lowest BCUT2D eigenvalue weighted by atomic mass is 10.3. The van der Waals surface area contributed by atoms with E-state index in [0.717, 1.165) is 5.56 Å². The number of aryl methyl sites for hydroxylation is 1. The van der Waals surface area contributed by atoms with Crippen LogP contribution in [0.4, 0.5) is 5.82 Å². The molecular formula is C13H16N4O2S. The minimum absolute atomic E-state index is 0.0928. The molecule has 2 aromatic rings. The summed E-state index contributed by atoms with van der Waals surface area (Å²) in [5, 5.41) is 13.9. The average Bonchev–Trinajstić information content (AvgIpc) is 3.07. The number of H-pyrrole nitrogens is 1. The topological polar surface area (TPSA) is 86.9 Å². The molecule has 0 aliphatic heterocycles. The second-order valence-electron chi connectivity index (χ2n) is 4.31. The summed E-state index contributed by atoms with van der Waals surface area (Å²) in [7, 11) is 0. The van der Waals surface area contributed by atoms with Crippen LogP contribution in [0.5, 0.6) is 0 Å². The molecule has 0 radical (unpaired) electrons. The number of carbonyl (C=O) groups excluding carboxylic acids is 2. The number of hydrogen-bond acceptors (Lipinski definition) is 4. The second-order valence-corrected chi connectivity index (χ2v) is 5.26. The highest BCUT2D eigenvalue weighted by Gasteiger charge is 2.08. The lowest BCUT2D eigenvalue weighted by molar-refractivity contribution is -0.116.